The van der Waals surface area contributed by atoms with Crippen molar-refractivity contribution in [1.29, 1.82) is 0 Å². The Hall–Kier alpha value is -0.620. The molecule has 1 aromatic carbocycles. The summed E-state index contributed by atoms with van der Waals surface area (Å²) < 4.78 is 1.05. The number of hydrogen-bond donors (Lipinski definition) is 1. The van der Waals surface area contributed by atoms with E-state index in [0.717, 1.165) is 3.57 Å². The molecule has 4 heteroatoms. The molecule has 0 spiro atoms. The minimum Gasteiger partial charge on any atom is -0.386 e. The molecule has 0 unspecified atom stereocenters. The molecule has 3 nitrogen and oxygen atoms in total. The van der Waals surface area contributed by atoms with E-state index in [4.69, 9.17) is 0 Å². The zero-order valence-electron chi connectivity index (χ0n) is 8.40. The van der Waals surface area contributed by atoms with Crippen LogP contribution in [0.4, 0.5) is 0 Å². The summed E-state index contributed by atoms with van der Waals surface area (Å²) in [6.45, 7) is 2.60. The second-order valence-corrected chi connectivity index (χ2v) is 5.41. The van der Waals surface area contributed by atoms with Gasteiger partial charge in [-0.1, -0.05) is 6.07 Å². The van der Waals surface area contributed by atoms with Gasteiger partial charge in [-0.25, -0.2) is 0 Å². The number of nitrogens with zero attached hydrogens (tertiary/aromatic N) is 1. The lowest BCUT2D eigenvalue weighted by Crippen LogP contribution is -2.61. The van der Waals surface area contributed by atoms with Gasteiger partial charge in [-0.15, -0.1) is 0 Å². The van der Waals surface area contributed by atoms with E-state index in [0.29, 0.717) is 18.7 Å². The van der Waals surface area contributed by atoms with Gasteiger partial charge in [-0.2, -0.15) is 0 Å². The van der Waals surface area contributed by atoms with Crippen LogP contribution in [0.15, 0.2) is 24.3 Å². The molecule has 1 fully saturated rings. The quantitative estimate of drug-likeness (QED) is 0.798. The van der Waals surface area contributed by atoms with Gasteiger partial charge in [0.15, 0.2) is 0 Å². The Bertz CT molecular complexity index is 395. The van der Waals surface area contributed by atoms with Crippen LogP contribution in [0.1, 0.15) is 17.3 Å². The molecule has 1 amide bonds. The smallest absolute Gasteiger partial charge is 0.254 e. The first-order chi connectivity index (χ1) is 6.98. The van der Waals surface area contributed by atoms with Crippen LogP contribution in [-0.2, 0) is 0 Å². The molecular formula is C11H12INO2. The van der Waals surface area contributed by atoms with Crippen molar-refractivity contribution >= 4 is 28.5 Å². The molecule has 15 heavy (non-hydrogen) atoms. The Balaban J connectivity index is 2.10. The normalized spacial score (nSPS) is 18.5. The predicted octanol–water partition coefficient (Wildman–Crippen LogP) is 1.50. The molecule has 1 aromatic rings. The van der Waals surface area contributed by atoms with Crippen molar-refractivity contribution in [1.82, 2.24) is 4.90 Å². The Morgan fingerprint density at radius 1 is 1.53 bits per heavy atom. The van der Waals surface area contributed by atoms with Gasteiger partial charge in [0.05, 0.1) is 18.7 Å². The number of aliphatic hydroxyl groups is 1. The number of halogens is 1. The molecule has 0 atom stereocenters. The summed E-state index contributed by atoms with van der Waals surface area (Å²) in [5.74, 6) is 0.0000380. The highest BCUT2D eigenvalue weighted by Gasteiger charge is 2.39. The highest BCUT2D eigenvalue weighted by molar-refractivity contribution is 14.1. The number of benzene rings is 1. The summed E-state index contributed by atoms with van der Waals surface area (Å²) >= 11 is 2.18. The monoisotopic (exact) mass is 317 g/mol. The molecule has 1 N–H and O–H groups in total. The van der Waals surface area contributed by atoms with E-state index < -0.39 is 5.60 Å². The first kappa shape index (κ1) is 10.9. The van der Waals surface area contributed by atoms with Crippen molar-refractivity contribution in [3.8, 4) is 0 Å². The zero-order valence-corrected chi connectivity index (χ0v) is 10.6. The third-order valence-electron chi connectivity index (χ3n) is 2.42. The molecule has 80 valence electrons. The van der Waals surface area contributed by atoms with Gasteiger partial charge in [0.2, 0.25) is 0 Å². The van der Waals surface area contributed by atoms with Crippen LogP contribution in [0.25, 0.3) is 0 Å². The van der Waals surface area contributed by atoms with E-state index >= 15 is 0 Å². The fourth-order valence-corrected chi connectivity index (χ4v) is 2.27. The van der Waals surface area contributed by atoms with Crippen LogP contribution in [0.3, 0.4) is 0 Å². The first-order valence-electron chi connectivity index (χ1n) is 4.75. The molecular weight excluding hydrogens is 305 g/mol. The van der Waals surface area contributed by atoms with Gasteiger partial charge >= 0.3 is 0 Å². The maximum Gasteiger partial charge on any atom is 0.254 e. The summed E-state index contributed by atoms with van der Waals surface area (Å²) in [6, 6.07) is 7.48. The molecule has 1 saturated heterocycles. The first-order valence-corrected chi connectivity index (χ1v) is 5.83. The average Bonchev–Trinajstić information content (AvgIpc) is 2.13. The summed E-state index contributed by atoms with van der Waals surface area (Å²) in [6.07, 6.45) is 0. The fraction of sp³-hybridized carbons (Fsp3) is 0.364. The van der Waals surface area contributed by atoms with Crippen molar-refractivity contribution in [3.63, 3.8) is 0 Å². The van der Waals surface area contributed by atoms with Gasteiger partial charge in [0, 0.05) is 9.13 Å². The van der Waals surface area contributed by atoms with Crippen LogP contribution < -0.4 is 0 Å². The van der Waals surface area contributed by atoms with E-state index in [-0.39, 0.29) is 5.91 Å². The second-order valence-electron chi connectivity index (χ2n) is 4.17. The third kappa shape index (κ3) is 2.31. The maximum atomic E-state index is 11.9. The van der Waals surface area contributed by atoms with Crippen molar-refractivity contribution in [2.45, 2.75) is 12.5 Å². The van der Waals surface area contributed by atoms with Crippen molar-refractivity contribution < 1.29 is 9.90 Å². The highest BCUT2D eigenvalue weighted by atomic mass is 127. The van der Waals surface area contributed by atoms with Crippen LogP contribution in [-0.4, -0.2) is 34.6 Å². The van der Waals surface area contributed by atoms with Gasteiger partial charge < -0.3 is 10.0 Å². The number of likely N-dealkylation sites (tertiary alicyclic amines) is 1. The largest absolute Gasteiger partial charge is 0.386 e. The fourth-order valence-electron chi connectivity index (χ4n) is 1.72. The van der Waals surface area contributed by atoms with Crippen molar-refractivity contribution in [3.05, 3.63) is 33.4 Å². The molecule has 0 radical (unpaired) electrons. The number of amides is 1. The lowest BCUT2D eigenvalue weighted by molar-refractivity contribution is -0.0668. The van der Waals surface area contributed by atoms with Crippen molar-refractivity contribution in [2.75, 3.05) is 13.1 Å². The van der Waals surface area contributed by atoms with E-state index in [1.54, 1.807) is 17.9 Å². The van der Waals surface area contributed by atoms with Gasteiger partial charge in [0.1, 0.15) is 0 Å². The summed E-state index contributed by atoms with van der Waals surface area (Å²) in [4.78, 5) is 13.5. The van der Waals surface area contributed by atoms with Gasteiger partial charge in [-0.3, -0.25) is 4.79 Å². The molecule has 1 heterocycles. The zero-order chi connectivity index (χ0) is 11.1. The standard InChI is InChI=1S/C11H12INO2/c1-11(15)6-13(7-11)10(14)8-3-2-4-9(12)5-8/h2-5,15H,6-7H2,1H3. The van der Waals surface area contributed by atoms with Crippen LogP contribution in [0, 0.1) is 3.57 Å². The lowest BCUT2D eigenvalue weighted by Gasteiger charge is -2.44. The Kier molecular flexibility index (Phi) is 2.72. The van der Waals surface area contributed by atoms with E-state index in [2.05, 4.69) is 22.6 Å². The minimum absolute atomic E-state index is 0.0000380. The minimum atomic E-state index is -0.697. The Morgan fingerprint density at radius 3 is 2.73 bits per heavy atom. The van der Waals surface area contributed by atoms with E-state index in [1.165, 1.54) is 0 Å². The molecule has 2 rings (SSSR count). The summed E-state index contributed by atoms with van der Waals surface area (Å²) in [7, 11) is 0. The number of β-amino-alcohol motifs (C(OH)–C–C–N with tert-alkyl or cyclic N) is 1. The summed E-state index contributed by atoms with van der Waals surface area (Å²) in [5.41, 5.74) is -0.00479. The van der Waals surface area contributed by atoms with Crippen LogP contribution in [0.5, 0.6) is 0 Å². The molecule has 0 aliphatic carbocycles. The molecule has 0 saturated carbocycles. The van der Waals surface area contributed by atoms with Gasteiger partial charge in [0.25, 0.3) is 5.91 Å². The molecule has 1 aliphatic rings. The van der Waals surface area contributed by atoms with Crippen LogP contribution in [0.2, 0.25) is 0 Å². The number of rotatable bonds is 1. The topological polar surface area (TPSA) is 40.5 Å². The molecule has 1 aliphatic heterocycles. The average molecular weight is 317 g/mol. The highest BCUT2D eigenvalue weighted by Crippen LogP contribution is 2.22. The third-order valence-corrected chi connectivity index (χ3v) is 3.09. The van der Waals surface area contributed by atoms with E-state index in [9.17, 15) is 9.90 Å². The van der Waals surface area contributed by atoms with Crippen molar-refractivity contribution in [2.24, 2.45) is 0 Å². The Morgan fingerprint density at radius 2 is 2.20 bits per heavy atom. The lowest BCUT2D eigenvalue weighted by atomic mass is 9.96. The maximum absolute atomic E-state index is 11.9. The number of hydrogen-bond acceptors (Lipinski definition) is 2. The van der Waals surface area contributed by atoms with Crippen LogP contribution >= 0.6 is 22.6 Å². The summed E-state index contributed by atoms with van der Waals surface area (Å²) in [5, 5.41) is 9.54. The van der Waals surface area contributed by atoms with E-state index in [1.807, 2.05) is 18.2 Å². The van der Waals surface area contributed by atoms with Gasteiger partial charge in [-0.05, 0) is 47.7 Å². The SMILES string of the molecule is CC1(O)CN(C(=O)c2cccc(I)c2)C1. The number of carbonyl (C=O) groups is 1. The second kappa shape index (κ2) is 3.75. The number of carbonyl (C=O) groups excluding carboxylic acids is 1. The predicted molar refractivity (Wildman–Crippen MR) is 65.7 cm³/mol. The Labute approximate surface area is 102 Å². The molecule has 0 bridgehead atoms. The molecule has 0 aromatic heterocycles.